The summed E-state index contributed by atoms with van der Waals surface area (Å²) < 4.78 is 46.0. The summed E-state index contributed by atoms with van der Waals surface area (Å²) in [7, 11) is -1.11. The van der Waals surface area contributed by atoms with Gasteiger partial charge in [-0.2, -0.15) is 4.99 Å². The summed E-state index contributed by atoms with van der Waals surface area (Å²) in [5.74, 6) is -0.683. The highest BCUT2D eigenvalue weighted by Gasteiger charge is 2.24. The molecule has 1 N–H and O–H groups in total. The van der Waals surface area contributed by atoms with Crippen LogP contribution in [0.5, 0.6) is 0 Å². The number of sulfonamides is 1. The molecule has 5 rings (SSSR count). The van der Waals surface area contributed by atoms with Crippen LogP contribution in [0.15, 0.2) is 94.8 Å². The number of carbonyl (C=O) groups is 2. The SMILES string of the molecule is COC(=O)C(C)n1cc(C=C2OON=C2c2ccc(NS(=O)(=O)c3cccc(C(=O)OCCC(C)OC)c3)cc2)c2ccccc21. The van der Waals surface area contributed by atoms with E-state index in [1.807, 2.05) is 42.0 Å². The fraction of sp³-hybridized carbons (Fsp3) is 0.242. The van der Waals surface area contributed by atoms with Crippen molar-refractivity contribution in [3.05, 3.63) is 101 Å². The van der Waals surface area contributed by atoms with E-state index < -0.39 is 22.0 Å². The molecule has 3 aromatic carbocycles. The summed E-state index contributed by atoms with van der Waals surface area (Å²) in [6.07, 6.45) is 4.02. The number of carbonyl (C=O) groups excluding carboxylic acids is 2. The van der Waals surface area contributed by atoms with E-state index in [-0.39, 0.29) is 34.8 Å². The number of allylic oxidation sites excluding steroid dienone is 1. The first-order valence-corrected chi connectivity index (χ1v) is 15.8. The molecule has 0 spiro atoms. The highest BCUT2D eigenvalue weighted by Crippen LogP contribution is 2.30. The quantitative estimate of drug-likeness (QED) is 0.156. The topological polar surface area (TPSA) is 144 Å². The smallest absolute Gasteiger partial charge is 0.338 e. The molecule has 0 amide bonds. The van der Waals surface area contributed by atoms with E-state index in [4.69, 9.17) is 24.1 Å². The van der Waals surface area contributed by atoms with Gasteiger partial charge in [-0.1, -0.05) is 36.4 Å². The fourth-order valence-corrected chi connectivity index (χ4v) is 5.88. The fourth-order valence-electron chi connectivity index (χ4n) is 4.78. The first-order valence-electron chi connectivity index (χ1n) is 14.4. The van der Waals surface area contributed by atoms with Crippen molar-refractivity contribution >= 4 is 50.3 Å². The first-order chi connectivity index (χ1) is 22.1. The number of esters is 2. The molecular formula is C33H33N3O9S. The minimum absolute atomic E-state index is 0.0742. The van der Waals surface area contributed by atoms with Gasteiger partial charge in [0.25, 0.3) is 10.0 Å². The van der Waals surface area contributed by atoms with Crippen LogP contribution in [0.1, 0.15) is 47.8 Å². The standard InChI is InChI=1S/C33H33N3O9S/c1-21(41-3)16-17-43-33(38)24-8-7-9-27(18-24)46(39,40)35-26-14-12-23(13-15-26)31-30(44-45-34-31)19-25-20-36(22(2)32(37)42-4)29-11-6-5-10-28(25)29/h5-15,18-22,35H,16-17H2,1-4H3. The van der Waals surface area contributed by atoms with Gasteiger partial charge in [0.15, 0.2) is 5.71 Å². The van der Waals surface area contributed by atoms with Gasteiger partial charge in [-0.3, -0.25) is 9.61 Å². The van der Waals surface area contributed by atoms with Crippen molar-refractivity contribution in [3.63, 3.8) is 0 Å². The van der Waals surface area contributed by atoms with Crippen molar-refractivity contribution in [2.24, 2.45) is 5.16 Å². The summed E-state index contributed by atoms with van der Waals surface area (Å²) >= 11 is 0. The lowest BCUT2D eigenvalue weighted by molar-refractivity contribution is -0.241. The molecule has 4 aromatic rings. The van der Waals surface area contributed by atoms with Crippen LogP contribution >= 0.6 is 0 Å². The second-order valence-corrected chi connectivity index (χ2v) is 12.2. The van der Waals surface area contributed by atoms with Gasteiger partial charge in [-0.05, 0) is 61.5 Å². The molecule has 1 aromatic heterocycles. The summed E-state index contributed by atoms with van der Waals surface area (Å²) in [6, 6.07) is 19.2. The molecule has 0 bridgehead atoms. The van der Waals surface area contributed by atoms with Gasteiger partial charge in [-0.25, -0.2) is 18.0 Å². The Labute approximate surface area is 266 Å². The Kier molecular flexibility index (Phi) is 9.73. The Morgan fingerprint density at radius 2 is 1.78 bits per heavy atom. The number of rotatable bonds is 12. The molecule has 0 aliphatic carbocycles. The number of hydrogen-bond acceptors (Lipinski definition) is 10. The molecule has 0 saturated carbocycles. The summed E-state index contributed by atoms with van der Waals surface area (Å²) in [6.45, 7) is 3.75. The lowest BCUT2D eigenvalue weighted by atomic mass is 10.1. The third kappa shape index (κ3) is 7.05. The third-order valence-corrected chi connectivity index (χ3v) is 8.84. The number of para-hydroxylation sites is 1. The molecule has 2 unspecified atom stereocenters. The van der Waals surface area contributed by atoms with Crippen LogP contribution in [-0.4, -0.2) is 57.6 Å². The van der Waals surface area contributed by atoms with Gasteiger partial charge in [0.1, 0.15) is 6.04 Å². The Bertz CT molecular complexity index is 1910. The third-order valence-electron chi connectivity index (χ3n) is 7.46. The molecule has 12 nitrogen and oxygen atoms in total. The van der Waals surface area contributed by atoms with E-state index in [0.29, 0.717) is 23.5 Å². The lowest BCUT2D eigenvalue weighted by Gasteiger charge is -2.12. The molecule has 13 heteroatoms. The molecule has 2 heterocycles. The van der Waals surface area contributed by atoms with E-state index in [1.54, 1.807) is 44.4 Å². The number of oxime groups is 1. The maximum absolute atomic E-state index is 13.1. The van der Waals surface area contributed by atoms with Gasteiger partial charge in [0.2, 0.25) is 5.76 Å². The Morgan fingerprint density at radius 3 is 2.52 bits per heavy atom. The zero-order chi connectivity index (χ0) is 32.8. The molecule has 1 aliphatic heterocycles. The van der Waals surface area contributed by atoms with E-state index in [2.05, 4.69) is 9.88 Å². The van der Waals surface area contributed by atoms with E-state index >= 15 is 0 Å². The van der Waals surface area contributed by atoms with Crippen LogP contribution in [0, 0.1) is 0 Å². The van der Waals surface area contributed by atoms with Gasteiger partial charge >= 0.3 is 11.9 Å². The van der Waals surface area contributed by atoms with Gasteiger partial charge in [-0.15, -0.1) is 0 Å². The molecule has 1 aliphatic rings. The second-order valence-electron chi connectivity index (χ2n) is 10.5. The maximum Gasteiger partial charge on any atom is 0.338 e. The van der Waals surface area contributed by atoms with Crippen LogP contribution in [0.3, 0.4) is 0 Å². The normalized spacial score (nSPS) is 15.0. The predicted molar refractivity (Wildman–Crippen MR) is 170 cm³/mol. The van der Waals surface area contributed by atoms with Crippen LogP contribution in [0.25, 0.3) is 17.0 Å². The van der Waals surface area contributed by atoms with Crippen LogP contribution in [0.2, 0.25) is 0 Å². The number of aromatic nitrogens is 1. The van der Waals surface area contributed by atoms with E-state index in [1.165, 1.54) is 31.4 Å². The molecule has 2 atom stereocenters. The van der Waals surface area contributed by atoms with Gasteiger partial charge in [0, 0.05) is 47.4 Å². The van der Waals surface area contributed by atoms with Crippen LogP contribution in [0.4, 0.5) is 5.69 Å². The minimum Gasteiger partial charge on any atom is -0.467 e. The number of ether oxygens (including phenoxy) is 3. The van der Waals surface area contributed by atoms with Crippen molar-refractivity contribution in [2.75, 3.05) is 25.5 Å². The van der Waals surface area contributed by atoms with Crippen molar-refractivity contribution in [2.45, 2.75) is 37.3 Å². The number of nitrogens with zero attached hydrogens (tertiary/aromatic N) is 2. The summed E-state index contributed by atoms with van der Waals surface area (Å²) in [5.41, 5.74) is 2.99. The number of nitrogens with one attached hydrogen (secondary N) is 1. The lowest BCUT2D eigenvalue weighted by Crippen LogP contribution is -2.16. The Balaban J connectivity index is 1.32. The predicted octanol–water partition coefficient (Wildman–Crippen LogP) is 5.46. The highest BCUT2D eigenvalue weighted by molar-refractivity contribution is 7.92. The maximum atomic E-state index is 13.1. The Morgan fingerprint density at radius 1 is 1.02 bits per heavy atom. The monoisotopic (exact) mass is 647 g/mol. The zero-order valence-electron chi connectivity index (χ0n) is 25.6. The van der Waals surface area contributed by atoms with Crippen LogP contribution in [-0.2, 0) is 38.9 Å². The van der Waals surface area contributed by atoms with Crippen molar-refractivity contribution < 1.29 is 42.1 Å². The largest absolute Gasteiger partial charge is 0.467 e. The van der Waals surface area contributed by atoms with E-state index in [0.717, 1.165) is 16.5 Å². The molecular weight excluding hydrogens is 614 g/mol. The average Bonchev–Trinajstić information content (AvgIpc) is 3.69. The zero-order valence-corrected chi connectivity index (χ0v) is 26.4. The molecule has 46 heavy (non-hydrogen) atoms. The number of anilines is 1. The number of fused-ring (bicyclic) bond motifs is 1. The number of methoxy groups -OCH3 is 2. The van der Waals surface area contributed by atoms with Gasteiger partial charge < -0.3 is 18.8 Å². The number of benzene rings is 3. The van der Waals surface area contributed by atoms with Crippen molar-refractivity contribution in [1.82, 2.24) is 4.57 Å². The summed E-state index contributed by atoms with van der Waals surface area (Å²) in [4.78, 5) is 34.9. The summed E-state index contributed by atoms with van der Waals surface area (Å²) in [5, 5.41) is 4.89. The minimum atomic E-state index is -4.03. The van der Waals surface area contributed by atoms with E-state index in [9.17, 15) is 18.0 Å². The molecule has 0 fully saturated rings. The highest BCUT2D eigenvalue weighted by atomic mass is 32.2. The molecule has 240 valence electrons. The second kappa shape index (κ2) is 13.9. The molecule has 0 radical (unpaired) electrons. The molecule has 0 saturated heterocycles. The van der Waals surface area contributed by atoms with Crippen molar-refractivity contribution in [1.29, 1.82) is 0 Å². The average molecular weight is 648 g/mol. The van der Waals surface area contributed by atoms with Crippen molar-refractivity contribution in [3.8, 4) is 0 Å². The van der Waals surface area contributed by atoms with Gasteiger partial charge in [0.05, 0.1) is 30.3 Å². The number of hydrogen-bond donors (Lipinski definition) is 1. The Hall–Kier alpha value is -5.14. The van der Waals surface area contributed by atoms with Crippen LogP contribution < -0.4 is 4.72 Å². The first kappa shape index (κ1) is 32.3.